The molecule has 3 N–H and O–H groups in total. The van der Waals surface area contributed by atoms with E-state index in [9.17, 15) is 19.8 Å². The van der Waals surface area contributed by atoms with Crippen LogP contribution < -0.4 is 5.32 Å². The molecule has 0 saturated carbocycles. The molecule has 0 rings (SSSR count). The molecule has 0 heterocycles. The number of aliphatic hydroxyl groups is 2. The Morgan fingerprint density at radius 1 is 0.400 bits per heavy atom. The number of unbranched alkanes of at least 4 members (excludes halogenated alkanes) is 43. The minimum absolute atomic E-state index is 0.00272. The summed E-state index contributed by atoms with van der Waals surface area (Å²) in [6, 6.07) is -0.625. The van der Waals surface area contributed by atoms with E-state index < -0.39 is 12.1 Å². The molecule has 2 unspecified atom stereocenters. The van der Waals surface area contributed by atoms with Crippen molar-refractivity contribution in [3.05, 3.63) is 36.5 Å². The molecule has 70 heavy (non-hydrogen) atoms. The summed E-state index contributed by atoms with van der Waals surface area (Å²) < 4.78 is 5.48. The lowest BCUT2D eigenvalue weighted by Gasteiger charge is -2.20. The molecule has 412 valence electrons. The van der Waals surface area contributed by atoms with E-state index in [-0.39, 0.29) is 18.5 Å². The second kappa shape index (κ2) is 59.6. The van der Waals surface area contributed by atoms with Gasteiger partial charge in [0, 0.05) is 12.8 Å². The van der Waals surface area contributed by atoms with Gasteiger partial charge >= 0.3 is 5.97 Å². The highest BCUT2D eigenvalue weighted by Crippen LogP contribution is 2.18. The third-order valence-electron chi connectivity index (χ3n) is 14.4. The van der Waals surface area contributed by atoms with Crippen LogP contribution in [0.4, 0.5) is 0 Å². The average molecular weight is 985 g/mol. The molecule has 0 aliphatic rings. The summed E-state index contributed by atoms with van der Waals surface area (Å²) in [6.45, 7) is 4.88. The van der Waals surface area contributed by atoms with Crippen LogP contribution in [0.15, 0.2) is 36.5 Å². The quantitative estimate of drug-likeness (QED) is 0.0321. The Kier molecular flexibility index (Phi) is 58.0. The maximum Gasteiger partial charge on any atom is 0.305 e. The Labute approximate surface area is 436 Å². The first-order chi connectivity index (χ1) is 34.5. The van der Waals surface area contributed by atoms with Crippen LogP contribution in [0.1, 0.15) is 335 Å². The van der Waals surface area contributed by atoms with E-state index in [0.717, 1.165) is 51.4 Å². The number of carbonyl (C=O) groups is 2. The maximum atomic E-state index is 12.4. The van der Waals surface area contributed by atoms with Gasteiger partial charge in [-0.3, -0.25) is 9.59 Å². The lowest BCUT2D eigenvalue weighted by Crippen LogP contribution is -2.45. The Morgan fingerprint density at radius 2 is 0.714 bits per heavy atom. The third kappa shape index (κ3) is 55.4. The molecule has 2 atom stereocenters. The zero-order chi connectivity index (χ0) is 50.7. The van der Waals surface area contributed by atoms with E-state index in [1.54, 1.807) is 6.08 Å². The maximum absolute atomic E-state index is 12.4. The van der Waals surface area contributed by atoms with Crippen molar-refractivity contribution in [2.45, 2.75) is 347 Å². The highest BCUT2D eigenvalue weighted by Gasteiger charge is 2.18. The molecule has 0 radical (unpaired) electrons. The summed E-state index contributed by atoms with van der Waals surface area (Å²) in [7, 11) is 0. The lowest BCUT2D eigenvalue weighted by atomic mass is 10.0. The van der Waals surface area contributed by atoms with E-state index in [2.05, 4.69) is 43.5 Å². The number of carbonyl (C=O) groups excluding carboxylic acids is 2. The van der Waals surface area contributed by atoms with E-state index in [1.165, 1.54) is 257 Å². The normalized spacial score (nSPS) is 12.8. The standard InChI is InChI=1S/C64H121NO5/c1-3-5-7-9-11-13-15-17-30-34-38-42-46-50-54-58-64(69)70-59-55-51-47-43-39-35-32-29-27-25-23-21-19-18-20-22-24-26-28-31-33-37-41-45-49-53-57-63(68)65-61(60-66)62(67)56-52-48-44-40-36-16-14-12-10-8-6-4-2/h11,13,17,30,52,56,61-62,66-67H,3-10,12,14-16,18-29,31-51,53-55,57-60H2,1-2H3,(H,65,68)/b13-11-,30-17-,56-52+. The van der Waals surface area contributed by atoms with Crippen LogP contribution in [0.5, 0.6) is 0 Å². The molecule has 0 spiro atoms. The zero-order valence-electron chi connectivity index (χ0n) is 47.0. The van der Waals surface area contributed by atoms with Gasteiger partial charge in [-0.1, -0.05) is 294 Å². The molecule has 0 aromatic rings. The predicted octanol–water partition coefficient (Wildman–Crippen LogP) is 19.6. The van der Waals surface area contributed by atoms with Gasteiger partial charge in [0.15, 0.2) is 0 Å². The fourth-order valence-electron chi connectivity index (χ4n) is 9.61. The summed E-state index contributed by atoms with van der Waals surface area (Å²) >= 11 is 0. The molecule has 0 bridgehead atoms. The minimum atomic E-state index is -0.842. The monoisotopic (exact) mass is 984 g/mol. The molecule has 0 aliphatic heterocycles. The predicted molar refractivity (Wildman–Crippen MR) is 306 cm³/mol. The summed E-state index contributed by atoms with van der Waals surface area (Å²) in [4.78, 5) is 24.5. The number of ether oxygens (including phenoxy) is 1. The third-order valence-corrected chi connectivity index (χ3v) is 14.4. The highest BCUT2D eigenvalue weighted by molar-refractivity contribution is 5.76. The summed E-state index contributed by atoms with van der Waals surface area (Å²) in [5.74, 6) is -0.0632. The molecule has 6 heteroatoms. The number of rotatable bonds is 58. The molecule has 0 aromatic heterocycles. The van der Waals surface area contributed by atoms with Crippen LogP contribution in [-0.4, -0.2) is 47.4 Å². The summed E-state index contributed by atoms with van der Waals surface area (Å²) in [6.07, 6.45) is 74.8. The van der Waals surface area contributed by atoms with Crippen molar-refractivity contribution in [3.63, 3.8) is 0 Å². The molecule has 0 aliphatic carbocycles. The Hall–Kier alpha value is -1.92. The topological polar surface area (TPSA) is 95.9 Å². The van der Waals surface area contributed by atoms with Crippen LogP contribution in [0.2, 0.25) is 0 Å². The van der Waals surface area contributed by atoms with E-state index >= 15 is 0 Å². The van der Waals surface area contributed by atoms with E-state index in [1.807, 2.05) is 6.08 Å². The van der Waals surface area contributed by atoms with Gasteiger partial charge in [0.05, 0.1) is 25.4 Å². The number of amides is 1. The second-order valence-electron chi connectivity index (χ2n) is 21.4. The molecule has 1 amide bonds. The fourth-order valence-corrected chi connectivity index (χ4v) is 9.61. The fraction of sp³-hybridized carbons (Fsp3) is 0.875. The van der Waals surface area contributed by atoms with Crippen LogP contribution in [-0.2, 0) is 14.3 Å². The number of hydrogen-bond acceptors (Lipinski definition) is 5. The van der Waals surface area contributed by atoms with Crippen molar-refractivity contribution in [2.24, 2.45) is 0 Å². The van der Waals surface area contributed by atoms with Crippen molar-refractivity contribution < 1.29 is 24.5 Å². The van der Waals surface area contributed by atoms with Crippen molar-refractivity contribution in [2.75, 3.05) is 13.2 Å². The van der Waals surface area contributed by atoms with Crippen molar-refractivity contribution in [1.29, 1.82) is 0 Å². The SMILES string of the molecule is CCCCC/C=C\C/C=C\CCCCCCCC(=O)OCCCCCCCCCCCCCCCCCCCCCCCCCCCCC(=O)NC(CO)C(O)/C=C/CCCCCCCCCCCC. The molecule has 0 aromatic carbocycles. The molecule has 6 nitrogen and oxygen atoms in total. The first-order valence-electron chi connectivity index (χ1n) is 31.3. The van der Waals surface area contributed by atoms with E-state index in [4.69, 9.17) is 4.74 Å². The van der Waals surface area contributed by atoms with Crippen molar-refractivity contribution >= 4 is 11.9 Å². The van der Waals surface area contributed by atoms with Gasteiger partial charge in [0.25, 0.3) is 0 Å². The van der Waals surface area contributed by atoms with Crippen molar-refractivity contribution in [1.82, 2.24) is 5.32 Å². The first kappa shape index (κ1) is 68.1. The summed E-state index contributed by atoms with van der Waals surface area (Å²) in [5, 5.41) is 23.1. The summed E-state index contributed by atoms with van der Waals surface area (Å²) in [5.41, 5.74) is 0. The van der Waals surface area contributed by atoms with Gasteiger partial charge in [-0.2, -0.15) is 0 Å². The minimum Gasteiger partial charge on any atom is -0.466 e. The zero-order valence-corrected chi connectivity index (χ0v) is 47.0. The average Bonchev–Trinajstić information content (AvgIpc) is 3.36. The highest BCUT2D eigenvalue weighted by atomic mass is 16.5. The van der Waals surface area contributed by atoms with Gasteiger partial charge in [0.1, 0.15) is 0 Å². The van der Waals surface area contributed by atoms with Crippen LogP contribution in [0.25, 0.3) is 0 Å². The van der Waals surface area contributed by atoms with Crippen molar-refractivity contribution in [3.8, 4) is 0 Å². The van der Waals surface area contributed by atoms with Gasteiger partial charge in [-0.15, -0.1) is 0 Å². The largest absolute Gasteiger partial charge is 0.466 e. The smallest absolute Gasteiger partial charge is 0.305 e. The van der Waals surface area contributed by atoms with Crippen LogP contribution in [0, 0.1) is 0 Å². The number of hydrogen-bond donors (Lipinski definition) is 3. The Balaban J connectivity index is 3.36. The molecule has 0 fully saturated rings. The second-order valence-corrected chi connectivity index (χ2v) is 21.4. The van der Waals surface area contributed by atoms with Gasteiger partial charge in [-0.25, -0.2) is 0 Å². The van der Waals surface area contributed by atoms with Crippen LogP contribution >= 0.6 is 0 Å². The number of aliphatic hydroxyl groups excluding tert-OH is 2. The lowest BCUT2D eigenvalue weighted by molar-refractivity contribution is -0.143. The number of esters is 1. The van der Waals surface area contributed by atoms with Gasteiger partial charge in [0.2, 0.25) is 5.91 Å². The molecule has 0 saturated heterocycles. The first-order valence-corrected chi connectivity index (χ1v) is 31.3. The number of allylic oxidation sites excluding steroid dienone is 5. The number of nitrogens with one attached hydrogen (secondary N) is 1. The Morgan fingerprint density at radius 3 is 1.11 bits per heavy atom. The van der Waals surface area contributed by atoms with Gasteiger partial charge in [-0.05, 0) is 64.2 Å². The van der Waals surface area contributed by atoms with E-state index in [0.29, 0.717) is 19.4 Å². The molecular formula is C64H121NO5. The molecular weight excluding hydrogens is 863 g/mol. The van der Waals surface area contributed by atoms with Crippen LogP contribution in [0.3, 0.4) is 0 Å². The Bertz CT molecular complexity index is 1130. The van der Waals surface area contributed by atoms with Gasteiger partial charge < -0.3 is 20.3 Å².